The van der Waals surface area contributed by atoms with Crippen molar-refractivity contribution >= 4 is 29.9 Å². The van der Waals surface area contributed by atoms with Crippen LogP contribution < -0.4 is 5.32 Å². The summed E-state index contributed by atoms with van der Waals surface area (Å²) in [6.45, 7) is 14.5. The molecule has 28 heavy (non-hydrogen) atoms. The molecule has 0 radical (unpaired) electrons. The van der Waals surface area contributed by atoms with Crippen molar-refractivity contribution < 1.29 is 9.47 Å². The number of piperidine rings is 1. The molecule has 0 aromatic rings. The van der Waals surface area contributed by atoms with E-state index in [-0.39, 0.29) is 36.2 Å². The molecule has 0 spiro atoms. The molecule has 3 saturated heterocycles. The molecule has 0 amide bonds. The van der Waals surface area contributed by atoms with Crippen LogP contribution in [0.25, 0.3) is 0 Å². The van der Waals surface area contributed by atoms with Crippen LogP contribution in [0, 0.1) is 5.92 Å². The maximum absolute atomic E-state index is 6.02. The smallest absolute Gasteiger partial charge is 0.194 e. The Morgan fingerprint density at radius 1 is 1.07 bits per heavy atom. The van der Waals surface area contributed by atoms with Crippen molar-refractivity contribution in [1.82, 2.24) is 15.1 Å². The fourth-order valence-corrected chi connectivity index (χ4v) is 4.58. The normalized spacial score (nSPS) is 29.8. The Labute approximate surface area is 188 Å². The van der Waals surface area contributed by atoms with Gasteiger partial charge in [-0.2, -0.15) is 0 Å². The Morgan fingerprint density at radius 3 is 2.61 bits per heavy atom. The highest BCUT2D eigenvalue weighted by atomic mass is 127. The van der Waals surface area contributed by atoms with E-state index in [1.165, 1.54) is 32.4 Å². The molecule has 0 aromatic heterocycles. The molecular weight excluding hydrogens is 467 g/mol. The summed E-state index contributed by atoms with van der Waals surface area (Å²) in [7, 11) is 0. The maximum atomic E-state index is 6.02. The van der Waals surface area contributed by atoms with Crippen molar-refractivity contribution in [3.8, 4) is 0 Å². The summed E-state index contributed by atoms with van der Waals surface area (Å²) < 4.78 is 11.9. The number of nitrogens with one attached hydrogen (secondary N) is 1. The van der Waals surface area contributed by atoms with E-state index in [1.807, 2.05) is 0 Å². The molecule has 3 atom stereocenters. The fourth-order valence-electron chi connectivity index (χ4n) is 4.58. The van der Waals surface area contributed by atoms with Crippen molar-refractivity contribution in [2.24, 2.45) is 10.9 Å². The van der Waals surface area contributed by atoms with Gasteiger partial charge in [-0.25, -0.2) is 0 Å². The van der Waals surface area contributed by atoms with Gasteiger partial charge in [-0.15, -0.1) is 24.0 Å². The molecular formula is C21H41IN4O2. The summed E-state index contributed by atoms with van der Waals surface area (Å²) in [5.74, 6) is 1.77. The van der Waals surface area contributed by atoms with E-state index in [1.54, 1.807) is 0 Å². The van der Waals surface area contributed by atoms with Gasteiger partial charge in [0.15, 0.2) is 5.96 Å². The Hall–Kier alpha value is -0.120. The standard InChI is InChI=1S/C21H40N4O2.HI/c1-4-22-21(23-14-18-8-5-6-10-24(18)15-17(2)3)25-11-13-27-20(16-25)19-9-7-12-26-19;/h17-20H,4-16H2,1-3H3,(H,22,23);1H. The number of morpholine rings is 1. The van der Waals surface area contributed by atoms with Crippen molar-refractivity contribution in [3.05, 3.63) is 0 Å². The molecule has 164 valence electrons. The summed E-state index contributed by atoms with van der Waals surface area (Å²) in [5, 5.41) is 3.52. The van der Waals surface area contributed by atoms with Crippen molar-refractivity contribution in [3.63, 3.8) is 0 Å². The molecule has 3 fully saturated rings. The van der Waals surface area contributed by atoms with Crippen LogP contribution in [-0.2, 0) is 9.47 Å². The van der Waals surface area contributed by atoms with Crippen LogP contribution in [0.5, 0.6) is 0 Å². The summed E-state index contributed by atoms with van der Waals surface area (Å²) in [6.07, 6.45) is 6.67. The van der Waals surface area contributed by atoms with E-state index >= 15 is 0 Å². The SMILES string of the molecule is CCNC(=NCC1CCCCN1CC(C)C)N1CCOC(C2CCCO2)C1.I. The monoisotopic (exact) mass is 508 g/mol. The van der Waals surface area contributed by atoms with E-state index in [9.17, 15) is 0 Å². The van der Waals surface area contributed by atoms with Gasteiger partial charge in [0.25, 0.3) is 0 Å². The van der Waals surface area contributed by atoms with Gasteiger partial charge in [-0.1, -0.05) is 20.3 Å². The topological polar surface area (TPSA) is 49.3 Å². The van der Waals surface area contributed by atoms with Crippen LogP contribution in [0.15, 0.2) is 4.99 Å². The Balaban J connectivity index is 0.00000280. The highest BCUT2D eigenvalue weighted by Crippen LogP contribution is 2.22. The zero-order chi connectivity index (χ0) is 19.1. The molecule has 3 aliphatic rings. The Bertz CT molecular complexity index is 471. The number of halogens is 1. The predicted molar refractivity (Wildman–Crippen MR) is 126 cm³/mol. The van der Waals surface area contributed by atoms with E-state index < -0.39 is 0 Å². The van der Waals surface area contributed by atoms with Gasteiger partial charge < -0.3 is 19.7 Å². The number of hydrogen-bond donors (Lipinski definition) is 1. The second-order valence-corrected chi connectivity index (χ2v) is 8.64. The first-order chi connectivity index (χ1) is 13.2. The summed E-state index contributed by atoms with van der Waals surface area (Å²) in [5.41, 5.74) is 0. The molecule has 3 aliphatic heterocycles. The first kappa shape index (κ1) is 24.2. The Morgan fingerprint density at radius 2 is 1.89 bits per heavy atom. The van der Waals surface area contributed by atoms with Crippen LogP contribution in [0.4, 0.5) is 0 Å². The highest BCUT2D eigenvalue weighted by molar-refractivity contribution is 14.0. The molecule has 0 saturated carbocycles. The summed E-state index contributed by atoms with van der Waals surface area (Å²) in [6, 6.07) is 0.588. The Kier molecular flexibility index (Phi) is 10.8. The molecule has 0 aromatic carbocycles. The zero-order valence-corrected chi connectivity index (χ0v) is 20.4. The van der Waals surface area contributed by atoms with Gasteiger partial charge in [0, 0.05) is 38.8 Å². The molecule has 7 heteroatoms. The lowest BCUT2D eigenvalue weighted by Gasteiger charge is -2.38. The first-order valence-corrected chi connectivity index (χ1v) is 11.2. The van der Waals surface area contributed by atoms with E-state index in [0.29, 0.717) is 12.0 Å². The quantitative estimate of drug-likeness (QED) is 0.340. The third-order valence-corrected chi connectivity index (χ3v) is 5.91. The minimum absolute atomic E-state index is 0. The molecule has 0 aliphatic carbocycles. The van der Waals surface area contributed by atoms with Crippen molar-refractivity contribution in [2.75, 3.05) is 52.5 Å². The second-order valence-electron chi connectivity index (χ2n) is 8.64. The number of ether oxygens (including phenoxy) is 2. The number of rotatable bonds is 6. The average Bonchev–Trinajstić information content (AvgIpc) is 3.21. The predicted octanol–water partition coefficient (Wildman–Crippen LogP) is 2.96. The van der Waals surface area contributed by atoms with Crippen molar-refractivity contribution in [2.45, 2.75) is 71.1 Å². The third-order valence-electron chi connectivity index (χ3n) is 5.91. The molecule has 3 rings (SSSR count). The van der Waals surface area contributed by atoms with E-state index in [4.69, 9.17) is 14.5 Å². The van der Waals surface area contributed by atoms with Gasteiger partial charge in [0.1, 0.15) is 6.10 Å². The van der Waals surface area contributed by atoms with Crippen LogP contribution in [0.2, 0.25) is 0 Å². The van der Waals surface area contributed by atoms with Gasteiger partial charge in [0.2, 0.25) is 0 Å². The number of hydrogen-bond acceptors (Lipinski definition) is 4. The van der Waals surface area contributed by atoms with Crippen molar-refractivity contribution in [1.29, 1.82) is 0 Å². The lowest BCUT2D eigenvalue weighted by atomic mass is 10.0. The van der Waals surface area contributed by atoms with Gasteiger partial charge in [0.05, 0.1) is 19.3 Å². The highest BCUT2D eigenvalue weighted by Gasteiger charge is 2.32. The van der Waals surface area contributed by atoms with Gasteiger partial charge in [-0.05, 0) is 45.1 Å². The molecule has 0 bridgehead atoms. The number of guanidine groups is 1. The van der Waals surface area contributed by atoms with E-state index in [0.717, 1.165) is 58.2 Å². The van der Waals surface area contributed by atoms with Crippen LogP contribution in [0.1, 0.15) is 52.9 Å². The lowest BCUT2D eigenvalue weighted by Crippen LogP contribution is -2.53. The molecule has 6 nitrogen and oxygen atoms in total. The number of likely N-dealkylation sites (tertiary alicyclic amines) is 1. The molecule has 1 N–H and O–H groups in total. The average molecular weight is 508 g/mol. The van der Waals surface area contributed by atoms with Crippen LogP contribution >= 0.6 is 24.0 Å². The number of nitrogens with zero attached hydrogens (tertiary/aromatic N) is 3. The second kappa shape index (κ2) is 12.5. The first-order valence-electron chi connectivity index (χ1n) is 11.2. The third kappa shape index (κ3) is 6.99. The zero-order valence-electron chi connectivity index (χ0n) is 18.1. The number of aliphatic imine (C=N–C) groups is 1. The van der Waals surface area contributed by atoms with E-state index in [2.05, 4.69) is 35.9 Å². The summed E-state index contributed by atoms with van der Waals surface area (Å²) in [4.78, 5) is 10.1. The molecule has 3 heterocycles. The fraction of sp³-hybridized carbons (Fsp3) is 0.952. The molecule has 3 unspecified atom stereocenters. The largest absolute Gasteiger partial charge is 0.375 e. The van der Waals surface area contributed by atoms with Crippen LogP contribution in [-0.4, -0.2) is 86.5 Å². The minimum Gasteiger partial charge on any atom is -0.375 e. The summed E-state index contributed by atoms with van der Waals surface area (Å²) >= 11 is 0. The van der Waals surface area contributed by atoms with Crippen LogP contribution in [0.3, 0.4) is 0 Å². The van der Waals surface area contributed by atoms with Gasteiger partial charge >= 0.3 is 0 Å². The lowest BCUT2D eigenvalue weighted by molar-refractivity contribution is -0.0817. The van der Waals surface area contributed by atoms with Gasteiger partial charge in [-0.3, -0.25) is 9.89 Å². The minimum atomic E-state index is 0. The maximum Gasteiger partial charge on any atom is 0.194 e.